The molecule has 6 nitrogen and oxygen atoms in total. The van der Waals surface area contributed by atoms with E-state index in [1.165, 1.54) is 36.4 Å². The quantitative estimate of drug-likeness (QED) is 0.891. The van der Waals surface area contributed by atoms with Crippen molar-refractivity contribution in [3.05, 3.63) is 65.7 Å². The lowest BCUT2D eigenvalue weighted by atomic mass is 10.1. The van der Waals surface area contributed by atoms with Gasteiger partial charge in [-0.15, -0.1) is 0 Å². The SMILES string of the molecule is O=C(O)c1ccc(C(=O)NS(=O)(=O)c2ccccc2)cc1. The Morgan fingerprint density at radius 2 is 1.38 bits per heavy atom. The van der Waals surface area contributed by atoms with Crippen LogP contribution in [0.1, 0.15) is 20.7 Å². The van der Waals surface area contributed by atoms with Gasteiger partial charge in [0.2, 0.25) is 0 Å². The highest BCUT2D eigenvalue weighted by Gasteiger charge is 2.18. The average molecular weight is 305 g/mol. The summed E-state index contributed by atoms with van der Waals surface area (Å²) in [5.74, 6) is -1.95. The van der Waals surface area contributed by atoms with Gasteiger partial charge in [-0.2, -0.15) is 0 Å². The van der Waals surface area contributed by atoms with E-state index < -0.39 is 21.9 Å². The van der Waals surface area contributed by atoms with Crippen LogP contribution in [0.4, 0.5) is 0 Å². The van der Waals surface area contributed by atoms with Crippen molar-refractivity contribution in [3.63, 3.8) is 0 Å². The van der Waals surface area contributed by atoms with Crippen molar-refractivity contribution in [1.82, 2.24) is 4.72 Å². The van der Waals surface area contributed by atoms with Crippen molar-refractivity contribution < 1.29 is 23.1 Å². The lowest BCUT2D eigenvalue weighted by molar-refractivity contribution is 0.0696. The second-order valence-corrected chi connectivity index (χ2v) is 5.81. The molecule has 0 bridgehead atoms. The molecule has 0 spiro atoms. The van der Waals surface area contributed by atoms with Crippen LogP contribution in [0, 0.1) is 0 Å². The van der Waals surface area contributed by atoms with E-state index in [1.807, 2.05) is 4.72 Å². The summed E-state index contributed by atoms with van der Waals surface area (Å²) in [4.78, 5) is 22.5. The molecule has 1 amide bonds. The maximum Gasteiger partial charge on any atom is 0.335 e. The predicted molar refractivity (Wildman–Crippen MR) is 74.5 cm³/mol. The molecule has 0 saturated heterocycles. The first-order chi connectivity index (χ1) is 9.90. The van der Waals surface area contributed by atoms with Crippen molar-refractivity contribution >= 4 is 21.9 Å². The second-order valence-electron chi connectivity index (χ2n) is 4.13. The van der Waals surface area contributed by atoms with Gasteiger partial charge in [0.15, 0.2) is 0 Å². The van der Waals surface area contributed by atoms with Crippen molar-refractivity contribution in [2.24, 2.45) is 0 Å². The normalized spacial score (nSPS) is 10.9. The molecular weight excluding hydrogens is 294 g/mol. The fourth-order valence-electron chi connectivity index (χ4n) is 1.60. The van der Waals surface area contributed by atoms with Crippen LogP contribution < -0.4 is 4.72 Å². The van der Waals surface area contributed by atoms with Crippen LogP contribution in [-0.2, 0) is 10.0 Å². The van der Waals surface area contributed by atoms with Crippen molar-refractivity contribution in [2.75, 3.05) is 0 Å². The van der Waals surface area contributed by atoms with E-state index in [9.17, 15) is 18.0 Å². The first-order valence-electron chi connectivity index (χ1n) is 5.86. The number of carbonyl (C=O) groups excluding carboxylic acids is 1. The van der Waals surface area contributed by atoms with Crippen LogP contribution in [0.3, 0.4) is 0 Å². The highest BCUT2D eigenvalue weighted by atomic mass is 32.2. The summed E-state index contributed by atoms with van der Waals surface area (Å²) in [6.45, 7) is 0. The largest absolute Gasteiger partial charge is 0.478 e. The van der Waals surface area contributed by atoms with Gasteiger partial charge in [0.25, 0.3) is 15.9 Å². The summed E-state index contributed by atoms with van der Waals surface area (Å²) in [6.07, 6.45) is 0. The third-order valence-electron chi connectivity index (χ3n) is 2.67. The van der Waals surface area contributed by atoms with Crippen LogP contribution in [0.25, 0.3) is 0 Å². The topological polar surface area (TPSA) is 101 Å². The molecule has 0 heterocycles. The summed E-state index contributed by atoms with van der Waals surface area (Å²) >= 11 is 0. The van der Waals surface area contributed by atoms with Gasteiger partial charge in [-0.25, -0.2) is 17.9 Å². The Morgan fingerprint density at radius 1 is 0.857 bits per heavy atom. The third kappa shape index (κ3) is 3.46. The number of aromatic carboxylic acids is 1. The van der Waals surface area contributed by atoms with Crippen LogP contribution in [-0.4, -0.2) is 25.4 Å². The average Bonchev–Trinajstić information content (AvgIpc) is 2.48. The molecule has 21 heavy (non-hydrogen) atoms. The van der Waals surface area contributed by atoms with Gasteiger partial charge in [-0.3, -0.25) is 4.79 Å². The summed E-state index contributed by atoms with van der Waals surface area (Å²) in [6, 6.07) is 12.4. The Bertz CT molecular complexity index is 767. The van der Waals surface area contributed by atoms with Crippen molar-refractivity contribution in [3.8, 4) is 0 Å². The molecule has 0 aliphatic rings. The molecule has 0 aliphatic carbocycles. The van der Waals surface area contributed by atoms with Gasteiger partial charge in [0.05, 0.1) is 10.5 Å². The first kappa shape index (κ1) is 14.7. The van der Waals surface area contributed by atoms with Gasteiger partial charge in [-0.05, 0) is 36.4 Å². The summed E-state index contributed by atoms with van der Waals surface area (Å²) in [7, 11) is -3.95. The number of benzene rings is 2. The van der Waals surface area contributed by atoms with E-state index >= 15 is 0 Å². The number of sulfonamides is 1. The minimum absolute atomic E-state index is 0.0115. The molecule has 2 aromatic rings. The Hall–Kier alpha value is -2.67. The smallest absolute Gasteiger partial charge is 0.335 e. The van der Waals surface area contributed by atoms with E-state index in [4.69, 9.17) is 5.11 Å². The zero-order valence-corrected chi connectivity index (χ0v) is 11.5. The number of carbonyl (C=O) groups is 2. The lowest BCUT2D eigenvalue weighted by Gasteiger charge is -2.07. The molecule has 0 saturated carbocycles. The molecule has 0 fully saturated rings. The molecule has 0 atom stereocenters. The maximum absolute atomic E-state index is 12.0. The number of hydrogen-bond acceptors (Lipinski definition) is 4. The molecule has 2 N–H and O–H groups in total. The second kappa shape index (κ2) is 5.76. The number of nitrogens with one attached hydrogen (secondary N) is 1. The van der Waals surface area contributed by atoms with E-state index in [0.29, 0.717) is 0 Å². The van der Waals surface area contributed by atoms with Crippen LogP contribution >= 0.6 is 0 Å². The van der Waals surface area contributed by atoms with Gasteiger partial charge in [0.1, 0.15) is 0 Å². The van der Waals surface area contributed by atoms with Gasteiger partial charge in [-0.1, -0.05) is 18.2 Å². The number of rotatable bonds is 4. The van der Waals surface area contributed by atoms with Crippen LogP contribution in [0.2, 0.25) is 0 Å². The monoisotopic (exact) mass is 305 g/mol. The predicted octanol–water partition coefficient (Wildman–Crippen LogP) is 1.50. The molecule has 0 aliphatic heterocycles. The van der Waals surface area contributed by atoms with E-state index in [2.05, 4.69) is 0 Å². The Balaban J connectivity index is 2.20. The fourth-order valence-corrected chi connectivity index (χ4v) is 2.60. The Kier molecular flexibility index (Phi) is 4.04. The summed E-state index contributed by atoms with van der Waals surface area (Å²) in [5.41, 5.74) is 0.0666. The van der Waals surface area contributed by atoms with E-state index in [-0.39, 0.29) is 16.0 Å². The fraction of sp³-hybridized carbons (Fsp3) is 0. The van der Waals surface area contributed by atoms with Crippen LogP contribution in [0.15, 0.2) is 59.5 Å². The molecule has 108 valence electrons. The highest BCUT2D eigenvalue weighted by Crippen LogP contribution is 2.09. The molecule has 0 radical (unpaired) electrons. The summed E-state index contributed by atoms with van der Waals surface area (Å²) < 4.78 is 25.9. The number of amides is 1. The van der Waals surface area contributed by atoms with Crippen LogP contribution in [0.5, 0.6) is 0 Å². The third-order valence-corrected chi connectivity index (χ3v) is 4.02. The molecule has 2 rings (SSSR count). The minimum atomic E-state index is -3.95. The van der Waals surface area contributed by atoms with E-state index in [1.54, 1.807) is 18.2 Å². The zero-order chi connectivity index (χ0) is 15.5. The van der Waals surface area contributed by atoms with Crippen molar-refractivity contribution in [2.45, 2.75) is 4.90 Å². The maximum atomic E-state index is 12.0. The molecular formula is C14H11NO5S. The number of carboxylic acids is 1. The molecule has 0 aromatic heterocycles. The zero-order valence-electron chi connectivity index (χ0n) is 10.7. The van der Waals surface area contributed by atoms with Gasteiger partial charge >= 0.3 is 5.97 Å². The van der Waals surface area contributed by atoms with E-state index in [0.717, 1.165) is 0 Å². The highest BCUT2D eigenvalue weighted by molar-refractivity contribution is 7.90. The summed E-state index contributed by atoms with van der Waals surface area (Å²) in [5, 5.41) is 8.75. The standard InChI is InChI=1S/C14H11NO5S/c16-13(10-6-8-11(9-7-10)14(17)18)15-21(19,20)12-4-2-1-3-5-12/h1-9H,(H,15,16)(H,17,18). The lowest BCUT2D eigenvalue weighted by Crippen LogP contribution is -2.30. The number of hydrogen-bond donors (Lipinski definition) is 2. The first-order valence-corrected chi connectivity index (χ1v) is 7.34. The number of carboxylic acid groups (broad SMARTS) is 1. The van der Waals surface area contributed by atoms with Crippen molar-refractivity contribution in [1.29, 1.82) is 0 Å². The van der Waals surface area contributed by atoms with Gasteiger partial charge < -0.3 is 5.11 Å². The minimum Gasteiger partial charge on any atom is -0.478 e. The van der Waals surface area contributed by atoms with Gasteiger partial charge in [0, 0.05) is 5.56 Å². The molecule has 0 unspecified atom stereocenters. The Morgan fingerprint density at radius 3 is 1.90 bits per heavy atom. The Labute approximate surface area is 121 Å². The molecule has 2 aromatic carbocycles. The molecule has 7 heteroatoms.